The van der Waals surface area contributed by atoms with Crippen LogP contribution in [0.4, 0.5) is 0 Å². The predicted octanol–water partition coefficient (Wildman–Crippen LogP) is -3.37. The Morgan fingerprint density at radius 2 is 0.571 bits per heavy atom. The van der Waals surface area contributed by atoms with Crippen molar-refractivity contribution in [2.24, 2.45) is 0 Å². The van der Waals surface area contributed by atoms with E-state index in [-0.39, 0.29) is 0 Å². The maximum atomic E-state index is 11.0. The summed E-state index contributed by atoms with van der Waals surface area (Å²) >= 11 is 0. The van der Waals surface area contributed by atoms with Gasteiger partial charge in [-0.05, 0) is 0 Å². The Morgan fingerprint density at radius 1 is 0.429 bits per heavy atom. The third-order valence-corrected chi connectivity index (χ3v) is 5.10. The molecule has 0 aromatic heterocycles. The Morgan fingerprint density at radius 3 is 0.679 bits per heavy atom. The van der Waals surface area contributed by atoms with Gasteiger partial charge >= 0.3 is 31.3 Å². The zero-order chi connectivity index (χ0) is 22.3. The van der Waals surface area contributed by atoms with Crippen molar-refractivity contribution in [3.05, 3.63) is 0 Å². The van der Waals surface area contributed by atoms with Gasteiger partial charge in [0.15, 0.2) is 0 Å². The molecule has 4 unspecified atom stereocenters. The van der Waals surface area contributed by atoms with Crippen molar-refractivity contribution in [3.8, 4) is 0 Å². The monoisotopic (exact) mass is 500 g/mol. The molecular weight excluding hydrogens is 484 g/mol. The van der Waals surface area contributed by atoms with Crippen LogP contribution in [0.15, 0.2) is 0 Å². The second-order valence-electron chi connectivity index (χ2n) is 5.22. The Balaban J connectivity index is 3.47. The molecule has 1 aliphatic carbocycles. The Hall–Kier alpha value is 0.360. The summed E-state index contributed by atoms with van der Waals surface area (Å²) in [6, 6.07) is 0. The van der Waals surface area contributed by atoms with Crippen molar-refractivity contribution in [1.29, 1.82) is 0 Å². The van der Waals surface area contributed by atoms with E-state index in [1.54, 1.807) is 0 Å². The van der Waals surface area contributed by atoms with E-state index in [2.05, 4.69) is 18.1 Å². The summed E-state index contributed by atoms with van der Waals surface area (Å²) < 4.78 is 60.4. The van der Waals surface area contributed by atoms with Crippen molar-refractivity contribution < 1.29 is 85.7 Å². The third kappa shape index (κ3) is 8.62. The summed E-state index contributed by atoms with van der Waals surface area (Å²) in [4.78, 5) is 70.9. The highest BCUT2D eigenvalue weighted by molar-refractivity contribution is 7.47. The van der Waals surface area contributed by atoms with Crippen LogP contribution in [0.5, 0.6) is 0 Å². The van der Waals surface area contributed by atoms with Crippen LogP contribution in [-0.2, 0) is 36.4 Å². The molecule has 1 saturated carbocycles. The second kappa shape index (κ2) is 8.85. The minimum absolute atomic E-state index is 2.61. The van der Waals surface area contributed by atoms with E-state index in [9.17, 15) is 28.5 Å². The lowest BCUT2D eigenvalue weighted by atomic mass is 9.85. The van der Waals surface area contributed by atoms with Crippen molar-refractivity contribution in [1.82, 2.24) is 0 Å². The molecule has 0 saturated heterocycles. The van der Waals surface area contributed by atoms with Crippen molar-refractivity contribution in [3.63, 3.8) is 0 Å². The highest BCUT2D eigenvalue weighted by atomic mass is 31.2. The van der Waals surface area contributed by atoms with E-state index in [1.165, 1.54) is 0 Å². The highest BCUT2D eigenvalue weighted by Crippen LogP contribution is 2.51. The number of hydrogen-bond acceptors (Lipinski definition) is 10. The van der Waals surface area contributed by atoms with Gasteiger partial charge in [0.1, 0.15) is 36.6 Å². The number of hydrogen-bond donors (Lipinski definition) is 10. The van der Waals surface area contributed by atoms with Crippen molar-refractivity contribution in [2.75, 3.05) is 0 Å². The maximum absolute atomic E-state index is 11.0. The van der Waals surface area contributed by atoms with E-state index >= 15 is 0 Å². The number of phosphoric acid groups is 4. The average molecular weight is 500 g/mol. The normalized spacial score (nSPS) is 33.1. The van der Waals surface area contributed by atoms with Gasteiger partial charge < -0.3 is 49.4 Å². The Bertz CT molecular complexity index is 604. The van der Waals surface area contributed by atoms with Crippen LogP contribution in [0.3, 0.4) is 0 Å². The number of aliphatic hydroxyl groups excluding tert-OH is 2. The van der Waals surface area contributed by atoms with Crippen LogP contribution in [-0.4, -0.2) is 86.0 Å². The standard InChI is InChI=1S/C6H16O18P4/c7-1-3(21-25(9,10)11)5(23-27(15,16)17)2(8)6(24-28(18,19)20)4(1)22-26(12,13)14/h1-8H,(H2,9,10,11)(H2,12,13,14)(H2,15,16,17)(H2,18,19,20). The molecule has 28 heavy (non-hydrogen) atoms. The molecule has 0 amide bonds. The first kappa shape index (κ1) is 26.4. The predicted molar refractivity (Wildman–Crippen MR) is 79.7 cm³/mol. The molecule has 1 fully saturated rings. The van der Waals surface area contributed by atoms with E-state index in [0.717, 1.165) is 0 Å². The summed E-state index contributed by atoms with van der Waals surface area (Å²) in [5.41, 5.74) is 0. The van der Waals surface area contributed by atoms with E-state index < -0.39 is 67.9 Å². The van der Waals surface area contributed by atoms with Gasteiger partial charge in [-0.25, -0.2) is 18.3 Å². The van der Waals surface area contributed by atoms with E-state index in [4.69, 9.17) is 39.1 Å². The molecule has 18 nitrogen and oxygen atoms in total. The number of aliphatic hydroxyl groups is 2. The van der Waals surface area contributed by atoms with Gasteiger partial charge in [-0.15, -0.1) is 0 Å². The van der Waals surface area contributed by atoms with Gasteiger partial charge in [-0.3, -0.25) is 18.1 Å². The SMILES string of the molecule is O=P(O)(O)OC1C(O)C(OP(=O)(O)O)C(OP(=O)(O)O)C(O)C1OP(=O)(O)O. The Labute approximate surface area is 154 Å². The first-order valence-corrected chi connectivity index (χ1v) is 12.6. The molecular formula is C6H16O18P4. The van der Waals surface area contributed by atoms with Gasteiger partial charge in [0, 0.05) is 0 Å². The zero-order valence-electron chi connectivity index (χ0n) is 13.0. The van der Waals surface area contributed by atoms with Crippen molar-refractivity contribution >= 4 is 31.3 Å². The maximum Gasteiger partial charge on any atom is 0.470 e. The topological polar surface area (TPSA) is 308 Å². The molecule has 22 heteroatoms. The van der Waals surface area contributed by atoms with Crippen LogP contribution < -0.4 is 0 Å². The summed E-state index contributed by atoms with van der Waals surface area (Å²) in [5, 5.41) is 20.2. The molecule has 0 aromatic carbocycles. The van der Waals surface area contributed by atoms with Gasteiger partial charge in [-0.1, -0.05) is 0 Å². The first-order chi connectivity index (χ1) is 12.2. The van der Waals surface area contributed by atoms with Crippen LogP contribution in [0, 0.1) is 0 Å². The molecule has 1 rings (SSSR count). The molecule has 0 radical (unpaired) electrons. The molecule has 10 N–H and O–H groups in total. The minimum Gasteiger partial charge on any atom is -0.387 e. The van der Waals surface area contributed by atoms with Crippen LogP contribution in [0.1, 0.15) is 0 Å². The van der Waals surface area contributed by atoms with Crippen LogP contribution >= 0.6 is 31.3 Å². The molecule has 0 spiro atoms. The summed E-state index contributed by atoms with van der Waals surface area (Å²) in [6.45, 7) is 0. The smallest absolute Gasteiger partial charge is 0.387 e. The lowest BCUT2D eigenvalue weighted by Gasteiger charge is -2.45. The number of phosphoric ester groups is 4. The molecule has 0 heterocycles. The largest absolute Gasteiger partial charge is 0.470 e. The molecule has 1 aliphatic rings. The molecule has 0 aliphatic heterocycles. The average Bonchev–Trinajstić information content (AvgIpc) is 2.39. The van der Waals surface area contributed by atoms with Gasteiger partial charge in [0.25, 0.3) is 0 Å². The van der Waals surface area contributed by atoms with Crippen LogP contribution in [0.2, 0.25) is 0 Å². The quantitative estimate of drug-likeness (QED) is 0.145. The second-order valence-corrected chi connectivity index (χ2v) is 9.99. The fourth-order valence-electron chi connectivity index (χ4n) is 2.27. The molecule has 4 atom stereocenters. The van der Waals surface area contributed by atoms with Gasteiger partial charge in [-0.2, -0.15) is 0 Å². The fourth-order valence-corrected chi connectivity index (χ4v) is 4.52. The molecule has 0 bridgehead atoms. The first-order valence-electron chi connectivity index (χ1n) is 6.52. The van der Waals surface area contributed by atoms with Crippen molar-refractivity contribution in [2.45, 2.75) is 36.6 Å². The fraction of sp³-hybridized carbons (Fsp3) is 1.00. The molecule has 168 valence electrons. The lowest BCUT2D eigenvalue weighted by molar-refractivity contribution is -0.208. The Kier molecular flexibility index (Phi) is 8.34. The highest BCUT2D eigenvalue weighted by Gasteiger charge is 2.58. The summed E-state index contributed by atoms with van der Waals surface area (Å²) in [5.74, 6) is 0. The van der Waals surface area contributed by atoms with Crippen LogP contribution in [0.25, 0.3) is 0 Å². The molecule has 0 aromatic rings. The minimum atomic E-state index is -5.59. The van der Waals surface area contributed by atoms with E-state index in [0.29, 0.717) is 0 Å². The van der Waals surface area contributed by atoms with Gasteiger partial charge in [0.2, 0.25) is 0 Å². The third-order valence-electron chi connectivity index (χ3n) is 3.03. The summed E-state index contributed by atoms with van der Waals surface area (Å²) in [7, 11) is -22.3. The lowest BCUT2D eigenvalue weighted by Crippen LogP contribution is -2.65. The summed E-state index contributed by atoms with van der Waals surface area (Å²) in [6.07, 6.45) is -15.9. The van der Waals surface area contributed by atoms with E-state index in [1.807, 2.05) is 0 Å². The zero-order valence-corrected chi connectivity index (χ0v) is 16.6. The van der Waals surface area contributed by atoms with Gasteiger partial charge in [0.05, 0.1) is 0 Å². The number of rotatable bonds is 8.